The van der Waals surface area contributed by atoms with E-state index in [0.717, 1.165) is 23.7 Å². The van der Waals surface area contributed by atoms with Crippen molar-refractivity contribution in [2.45, 2.75) is 30.8 Å². The molecular weight excluding hydrogens is 218 g/mol. The Morgan fingerprint density at radius 2 is 2.38 bits per heavy atom. The fourth-order valence-corrected chi connectivity index (χ4v) is 2.40. The molecule has 4 heteroatoms. The van der Waals surface area contributed by atoms with Crippen molar-refractivity contribution in [2.75, 3.05) is 12.3 Å². The van der Waals surface area contributed by atoms with Gasteiger partial charge in [0.2, 0.25) is 0 Å². The van der Waals surface area contributed by atoms with Crippen molar-refractivity contribution in [3.8, 4) is 6.07 Å². The van der Waals surface area contributed by atoms with E-state index in [1.54, 1.807) is 18.0 Å². The minimum atomic E-state index is -0.420. The Kier molecular flexibility index (Phi) is 5.30. The lowest BCUT2D eigenvalue weighted by Crippen LogP contribution is -2.41. The predicted molar refractivity (Wildman–Crippen MR) is 67.3 cm³/mol. The minimum absolute atomic E-state index is 0.420. The molecule has 1 unspecified atom stereocenters. The summed E-state index contributed by atoms with van der Waals surface area (Å²) in [5.41, 5.74) is -0.420. The van der Waals surface area contributed by atoms with E-state index in [1.165, 1.54) is 0 Å². The Labute approximate surface area is 101 Å². The predicted octanol–water partition coefficient (Wildman–Crippen LogP) is 2.46. The monoisotopic (exact) mass is 235 g/mol. The molecule has 0 aliphatic rings. The summed E-state index contributed by atoms with van der Waals surface area (Å²) in [6.07, 6.45) is 2.61. The number of aromatic nitrogens is 1. The van der Waals surface area contributed by atoms with Crippen LogP contribution in [-0.4, -0.2) is 22.8 Å². The first kappa shape index (κ1) is 13.0. The molecule has 0 radical (unpaired) electrons. The molecular formula is C12H17N3S. The van der Waals surface area contributed by atoms with Crippen LogP contribution >= 0.6 is 11.8 Å². The van der Waals surface area contributed by atoms with Crippen LogP contribution < -0.4 is 5.32 Å². The van der Waals surface area contributed by atoms with Crippen LogP contribution in [0.2, 0.25) is 0 Å². The molecule has 0 fully saturated rings. The summed E-state index contributed by atoms with van der Waals surface area (Å²) in [4.78, 5) is 4.23. The van der Waals surface area contributed by atoms with E-state index in [4.69, 9.17) is 5.26 Å². The third-order valence-electron chi connectivity index (χ3n) is 2.30. The maximum atomic E-state index is 9.08. The topological polar surface area (TPSA) is 48.7 Å². The number of nitrogens with one attached hydrogen (secondary N) is 1. The highest BCUT2D eigenvalue weighted by Crippen LogP contribution is 2.19. The van der Waals surface area contributed by atoms with Crippen LogP contribution in [0.5, 0.6) is 0 Å². The molecule has 1 N–H and O–H groups in total. The number of hydrogen-bond acceptors (Lipinski definition) is 4. The zero-order chi connectivity index (χ0) is 11.9. The Balaban J connectivity index is 2.38. The van der Waals surface area contributed by atoms with E-state index in [1.807, 2.05) is 32.0 Å². The van der Waals surface area contributed by atoms with E-state index in [-0.39, 0.29) is 0 Å². The third-order valence-corrected chi connectivity index (χ3v) is 3.25. The van der Waals surface area contributed by atoms with Crippen LogP contribution in [0.25, 0.3) is 0 Å². The van der Waals surface area contributed by atoms with Crippen LogP contribution in [0.1, 0.15) is 20.3 Å². The third kappa shape index (κ3) is 4.21. The molecule has 3 nitrogen and oxygen atoms in total. The van der Waals surface area contributed by atoms with Gasteiger partial charge in [-0.1, -0.05) is 13.0 Å². The molecule has 1 rings (SSSR count). The highest BCUT2D eigenvalue weighted by Gasteiger charge is 2.21. The maximum absolute atomic E-state index is 9.08. The fraction of sp³-hybridized carbons (Fsp3) is 0.500. The molecule has 1 heterocycles. The Bertz CT molecular complexity index is 347. The van der Waals surface area contributed by atoms with Crippen LogP contribution in [0.15, 0.2) is 29.4 Å². The second kappa shape index (κ2) is 6.51. The van der Waals surface area contributed by atoms with Crippen molar-refractivity contribution in [1.82, 2.24) is 10.3 Å². The Hall–Kier alpha value is -1.05. The molecule has 0 aliphatic heterocycles. The van der Waals surface area contributed by atoms with Crippen molar-refractivity contribution < 1.29 is 0 Å². The molecule has 1 atom stereocenters. The largest absolute Gasteiger partial charge is 0.300 e. The van der Waals surface area contributed by atoms with Crippen LogP contribution in [0, 0.1) is 11.3 Å². The van der Waals surface area contributed by atoms with E-state index in [0.29, 0.717) is 0 Å². The summed E-state index contributed by atoms with van der Waals surface area (Å²) >= 11 is 1.69. The van der Waals surface area contributed by atoms with Gasteiger partial charge in [-0.2, -0.15) is 5.26 Å². The van der Waals surface area contributed by atoms with Gasteiger partial charge in [0.15, 0.2) is 0 Å². The molecule has 0 saturated carbocycles. The molecule has 16 heavy (non-hydrogen) atoms. The van der Waals surface area contributed by atoms with Gasteiger partial charge in [-0.15, -0.1) is 11.8 Å². The Morgan fingerprint density at radius 3 is 2.94 bits per heavy atom. The quantitative estimate of drug-likeness (QED) is 0.769. The van der Waals surface area contributed by atoms with E-state index in [9.17, 15) is 0 Å². The normalized spacial score (nSPS) is 14.1. The lowest BCUT2D eigenvalue weighted by atomic mass is 10.0. The summed E-state index contributed by atoms with van der Waals surface area (Å²) in [6, 6.07) is 8.19. The van der Waals surface area contributed by atoms with Crippen LogP contribution in [0.4, 0.5) is 0 Å². The van der Waals surface area contributed by atoms with Gasteiger partial charge in [-0.25, -0.2) is 4.98 Å². The lowest BCUT2D eigenvalue weighted by molar-refractivity contribution is 0.450. The number of nitriles is 1. The van der Waals surface area contributed by atoms with Crippen LogP contribution in [-0.2, 0) is 0 Å². The molecule has 0 aromatic carbocycles. The van der Waals surface area contributed by atoms with Gasteiger partial charge < -0.3 is 0 Å². The molecule has 0 amide bonds. The summed E-state index contributed by atoms with van der Waals surface area (Å²) in [7, 11) is 0. The van der Waals surface area contributed by atoms with Crippen LogP contribution in [0.3, 0.4) is 0 Å². The summed E-state index contributed by atoms with van der Waals surface area (Å²) in [5, 5.41) is 13.3. The molecule has 1 aromatic rings. The van der Waals surface area contributed by atoms with Gasteiger partial charge in [0.1, 0.15) is 5.54 Å². The van der Waals surface area contributed by atoms with E-state index < -0.39 is 5.54 Å². The molecule has 86 valence electrons. The van der Waals surface area contributed by atoms with Gasteiger partial charge in [-0.3, -0.25) is 5.32 Å². The number of hydrogen-bond donors (Lipinski definition) is 1. The van der Waals surface area contributed by atoms with E-state index >= 15 is 0 Å². The van der Waals surface area contributed by atoms with Crippen molar-refractivity contribution in [2.24, 2.45) is 0 Å². The lowest BCUT2D eigenvalue weighted by Gasteiger charge is -2.21. The maximum Gasteiger partial charge on any atom is 0.104 e. The number of nitrogens with zero attached hydrogens (tertiary/aromatic N) is 2. The minimum Gasteiger partial charge on any atom is -0.300 e. The van der Waals surface area contributed by atoms with Gasteiger partial charge in [0, 0.05) is 11.9 Å². The molecule has 0 spiro atoms. The fourth-order valence-electron chi connectivity index (χ4n) is 1.37. The van der Waals surface area contributed by atoms with Gasteiger partial charge in [-0.05, 0) is 32.0 Å². The average molecular weight is 235 g/mol. The standard InChI is InChI=1S/C12H17N3S/c1-3-15-12(2,10-13)7-9-16-11-6-4-5-8-14-11/h4-6,8,15H,3,7,9H2,1-2H3. The van der Waals surface area contributed by atoms with E-state index in [2.05, 4.69) is 16.4 Å². The van der Waals surface area contributed by atoms with Crippen molar-refractivity contribution in [3.05, 3.63) is 24.4 Å². The second-order valence-corrected chi connectivity index (χ2v) is 4.86. The summed E-state index contributed by atoms with van der Waals surface area (Å²) in [5.74, 6) is 0.897. The molecule has 0 bridgehead atoms. The van der Waals surface area contributed by atoms with Gasteiger partial charge >= 0.3 is 0 Å². The molecule has 0 saturated heterocycles. The first-order chi connectivity index (χ1) is 7.70. The zero-order valence-electron chi connectivity index (χ0n) is 9.73. The van der Waals surface area contributed by atoms with Gasteiger partial charge in [0.25, 0.3) is 0 Å². The number of thioether (sulfide) groups is 1. The first-order valence-electron chi connectivity index (χ1n) is 5.40. The summed E-state index contributed by atoms with van der Waals surface area (Å²) in [6.45, 7) is 4.77. The number of rotatable bonds is 6. The highest BCUT2D eigenvalue weighted by molar-refractivity contribution is 7.99. The SMILES string of the molecule is CCNC(C)(C#N)CCSc1ccccn1. The Morgan fingerprint density at radius 1 is 1.56 bits per heavy atom. The first-order valence-corrected chi connectivity index (χ1v) is 6.39. The molecule has 1 aromatic heterocycles. The smallest absolute Gasteiger partial charge is 0.104 e. The zero-order valence-corrected chi connectivity index (χ0v) is 10.5. The second-order valence-electron chi connectivity index (χ2n) is 3.74. The molecule has 0 aliphatic carbocycles. The van der Waals surface area contributed by atoms with Crippen molar-refractivity contribution in [1.29, 1.82) is 5.26 Å². The average Bonchev–Trinajstić information content (AvgIpc) is 2.31. The number of pyridine rings is 1. The highest BCUT2D eigenvalue weighted by atomic mass is 32.2. The van der Waals surface area contributed by atoms with Crippen molar-refractivity contribution in [3.63, 3.8) is 0 Å². The van der Waals surface area contributed by atoms with Crippen molar-refractivity contribution >= 4 is 11.8 Å². The van der Waals surface area contributed by atoms with Gasteiger partial charge in [0.05, 0.1) is 11.1 Å². The summed E-state index contributed by atoms with van der Waals surface area (Å²) < 4.78 is 0.